The number of carbonyl (C=O) groups excluding carboxylic acids is 1. The smallest absolute Gasteiger partial charge is 0.267 e. The van der Waals surface area contributed by atoms with Gasteiger partial charge in [-0.2, -0.15) is 0 Å². The summed E-state index contributed by atoms with van der Waals surface area (Å²) in [4.78, 5) is 17.4. The third kappa shape index (κ3) is 2.09. The molecular weight excluding hydrogens is 272 g/mol. The van der Waals surface area contributed by atoms with Gasteiger partial charge in [-0.1, -0.05) is 6.58 Å². The first-order chi connectivity index (χ1) is 7.72. The fourth-order valence-electron chi connectivity index (χ4n) is 1.56. The van der Waals surface area contributed by atoms with Crippen molar-refractivity contribution in [2.45, 2.75) is 12.5 Å². The lowest BCUT2D eigenvalue weighted by Crippen LogP contribution is -2.29. The number of hydrogen-bond donors (Lipinski definition) is 0. The predicted octanol–water partition coefficient (Wildman–Crippen LogP) is 1.97. The molecule has 1 atom stereocenters. The minimum atomic E-state index is -0.454. The molecule has 0 bridgehead atoms. The zero-order valence-electron chi connectivity index (χ0n) is 8.60. The van der Waals surface area contributed by atoms with Gasteiger partial charge < -0.3 is 9.64 Å². The second-order valence-corrected chi connectivity index (χ2v) is 4.25. The van der Waals surface area contributed by atoms with Gasteiger partial charge in [0.25, 0.3) is 5.91 Å². The zero-order chi connectivity index (χ0) is 11.5. The lowest BCUT2D eigenvalue weighted by molar-refractivity contribution is -0.131. The largest absolute Gasteiger partial charge is 0.463 e. The molecule has 84 valence electrons. The number of hydrogen-bond acceptors (Lipinski definition) is 3. The molecule has 1 aliphatic rings. The van der Waals surface area contributed by atoms with E-state index in [1.165, 1.54) is 6.20 Å². The van der Waals surface area contributed by atoms with Gasteiger partial charge in [0.1, 0.15) is 0 Å². The molecule has 2 rings (SSSR count). The summed E-state index contributed by atoms with van der Waals surface area (Å²) in [5, 5.41) is 0. The normalized spacial score (nSPS) is 19.9. The van der Waals surface area contributed by atoms with Crippen LogP contribution in [0.3, 0.4) is 0 Å². The van der Waals surface area contributed by atoms with Crippen LogP contribution in [-0.2, 0) is 4.79 Å². The van der Waals surface area contributed by atoms with Crippen LogP contribution in [-0.4, -0.2) is 28.4 Å². The average Bonchev–Trinajstić information content (AvgIpc) is 2.63. The van der Waals surface area contributed by atoms with Gasteiger partial charge in [0.2, 0.25) is 5.88 Å². The molecule has 0 saturated carbocycles. The number of aromatic nitrogens is 1. The fraction of sp³-hybridized carbons (Fsp3) is 0.273. The van der Waals surface area contributed by atoms with Gasteiger partial charge in [-0.15, -0.1) is 0 Å². The van der Waals surface area contributed by atoms with Crippen LogP contribution >= 0.6 is 15.9 Å². The molecular formula is C11H11BrN2O2. The fourth-order valence-corrected chi connectivity index (χ4v) is 1.91. The van der Waals surface area contributed by atoms with Crippen molar-refractivity contribution in [1.29, 1.82) is 0 Å². The first kappa shape index (κ1) is 11.1. The van der Waals surface area contributed by atoms with Crippen molar-refractivity contribution >= 4 is 21.8 Å². The second-order valence-electron chi connectivity index (χ2n) is 3.40. The molecule has 1 amide bonds. The number of amides is 1. The Labute approximate surface area is 102 Å². The second kappa shape index (κ2) is 4.65. The summed E-state index contributed by atoms with van der Waals surface area (Å²) in [6.07, 6.45) is 3.36. The lowest BCUT2D eigenvalue weighted by Gasteiger charge is -2.13. The van der Waals surface area contributed by atoms with Gasteiger partial charge in [0.05, 0.1) is 4.47 Å². The summed E-state index contributed by atoms with van der Waals surface area (Å²) in [6, 6.07) is 3.62. The highest BCUT2D eigenvalue weighted by Crippen LogP contribution is 2.24. The third-order valence-corrected chi connectivity index (χ3v) is 2.99. The lowest BCUT2D eigenvalue weighted by atomic mass is 10.3. The van der Waals surface area contributed by atoms with E-state index in [9.17, 15) is 4.79 Å². The Kier molecular flexibility index (Phi) is 3.24. The number of nitrogens with zero attached hydrogens (tertiary/aromatic N) is 2. The highest BCUT2D eigenvalue weighted by molar-refractivity contribution is 9.10. The third-order valence-electron chi connectivity index (χ3n) is 2.39. The monoisotopic (exact) mass is 282 g/mol. The van der Waals surface area contributed by atoms with Gasteiger partial charge in [-0.05, 0) is 34.3 Å². The van der Waals surface area contributed by atoms with E-state index in [-0.39, 0.29) is 5.91 Å². The van der Waals surface area contributed by atoms with Crippen molar-refractivity contribution in [2.75, 3.05) is 6.54 Å². The zero-order valence-corrected chi connectivity index (χ0v) is 10.2. The molecule has 0 N–H and O–H groups in total. The number of ether oxygens (including phenoxy) is 1. The van der Waals surface area contributed by atoms with E-state index in [1.54, 1.807) is 17.2 Å². The quantitative estimate of drug-likeness (QED) is 0.851. The Morgan fingerprint density at radius 3 is 3.12 bits per heavy atom. The molecule has 5 heteroatoms. The van der Waals surface area contributed by atoms with Crippen LogP contribution in [0.25, 0.3) is 0 Å². The molecule has 4 nitrogen and oxygen atoms in total. The maximum absolute atomic E-state index is 11.7. The minimum absolute atomic E-state index is 0.0625. The Balaban J connectivity index is 2.09. The standard InChI is InChI=1S/C11H11BrN2O2/c1-2-14-7-5-9(11(14)15)16-10-8(12)4-3-6-13-10/h2-4,6,9H,1,5,7H2. The van der Waals surface area contributed by atoms with Crippen LogP contribution in [0.5, 0.6) is 5.88 Å². The molecule has 1 unspecified atom stereocenters. The molecule has 1 aromatic heterocycles. The van der Waals surface area contributed by atoms with Gasteiger partial charge in [-0.3, -0.25) is 4.79 Å². The number of rotatable bonds is 3. The number of pyridine rings is 1. The van der Waals surface area contributed by atoms with E-state index in [0.29, 0.717) is 18.8 Å². The van der Waals surface area contributed by atoms with E-state index in [1.807, 2.05) is 6.07 Å². The van der Waals surface area contributed by atoms with Crippen molar-refractivity contribution in [1.82, 2.24) is 9.88 Å². The summed E-state index contributed by atoms with van der Waals surface area (Å²) in [6.45, 7) is 4.23. The summed E-state index contributed by atoms with van der Waals surface area (Å²) in [5.41, 5.74) is 0. The SMILES string of the molecule is C=CN1CCC(Oc2ncccc2Br)C1=O. The van der Waals surface area contributed by atoms with E-state index in [2.05, 4.69) is 27.5 Å². The molecule has 0 radical (unpaired) electrons. The molecule has 1 fully saturated rings. The van der Waals surface area contributed by atoms with E-state index >= 15 is 0 Å². The van der Waals surface area contributed by atoms with Gasteiger partial charge in [0.15, 0.2) is 6.10 Å². The van der Waals surface area contributed by atoms with Crippen LogP contribution in [0.1, 0.15) is 6.42 Å². The summed E-state index contributed by atoms with van der Waals surface area (Å²) in [5.74, 6) is 0.388. The Bertz CT molecular complexity index is 422. The van der Waals surface area contributed by atoms with E-state index in [0.717, 1.165) is 4.47 Å². The Morgan fingerprint density at radius 2 is 2.50 bits per heavy atom. The number of likely N-dealkylation sites (tertiary alicyclic amines) is 1. The maximum atomic E-state index is 11.7. The predicted molar refractivity (Wildman–Crippen MR) is 62.9 cm³/mol. The van der Waals surface area contributed by atoms with Gasteiger partial charge in [0, 0.05) is 19.2 Å². The van der Waals surface area contributed by atoms with Crippen molar-refractivity contribution in [3.8, 4) is 5.88 Å². The average molecular weight is 283 g/mol. The first-order valence-electron chi connectivity index (χ1n) is 4.92. The molecule has 0 aromatic carbocycles. The van der Waals surface area contributed by atoms with Crippen LogP contribution in [0.2, 0.25) is 0 Å². The molecule has 0 spiro atoms. The molecule has 1 aromatic rings. The topological polar surface area (TPSA) is 42.4 Å². The van der Waals surface area contributed by atoms with Crippen LogP contribution in [0.15, 0.2) is 35.6 Å². The number of carbonyl (C=O) groups is 1. The summed E-state index contributed by atoms with van der Waals surface area (Å²) in [7, 11) is 0. The van der Waals surface area contributed by atoms with Gasteiger partial charge >= 0.3 is 0 Å². The Hall–Kier alpha value is -1.36. The van der Waals surface area contributed by atoms with Crippen LogP contribution in [0.4, 0.5) is 0 Å². The van der Waals surface area contributed by atoms with E-state index < -0.39 is 6.10 Å². The minimum Gasteiger partial charge on any atom is -0.463 e. The van der Waals surface area contributed by atoms with Crippen molar-refractivity contribution < 1.29 is 9.53 Å². The van der Waals surface area contributed by atoms with Crippen LogP contribution in [0, 0.1) is 0 Å². The molecule has 16 heavy (non-hydrogen) atoms. The van der Waals surface area contributed by atoms with Crippen molar-refractivity contribution in [2.24, 2.45) is 0 Å². The molecule has 1 saturated heterocycles. The van der Waals surface area contributed by atoms with Gasteiger partial charge in [-0.25, -0.2) is 4.98 Å². The molecule has 2 heterocycles. The highest BCUT2D eigenvalue weighted by Gasteiger charge is 2.32. The van der Waals surface area contributed by atoms with Crippen molar-refractivity contribution in [3.63, 3.8) is 0 Å². The first-order valence-corrected chi connectivity index (χ1v) is 5.72. The van der Waals surface area contributed by atoms with Crippen LogP contribution < -0.4 is 4.74 Å². The molecule has 1 aliphatic heterocycles. The Morgan fingerprint density at radius 1 is 1.69 bits per heavy atom. The summed E-state index contributed by atoms with van der Waals surface area (Å²) < 4.78 is 6.30. The molecule has 0 aliphatic carbocycles. The number of halogens is 1. The van der Waals surface area contributed by atoms with Crippen molar-refractivity contribution in [3.05, 3.63) is 35.6 Å². The van der Waals surface area contributed by atoms with E-state index in [4.69, 9.17) is 4.74 Å². The summed E-state index contributed by atoms with van der Waals surface area (Å²) >= 11 is 3.32. The maximum Gasteiger partial charge on any atom is 0.267 e. The highest BCUT2D eigenvalue weighted by atomic mass is 79.9.